The maximum atomic E-state index is 12.5. The highest BCUT2D eigenvalue weighted by Gasteiger charge is 2.27. The van der Waals surface area contributed by atoms with E-state index in [0.717, 1.165) is 41.4 Å². The Morgan fingerprint density at radius 2 is 1.77 bits per heavy atom. The zero-order valence-corrected chi connectivity index (χ0v) is 18.8. The van der Waals surface area contributed by atoms with E-state index in [9.17, 15) is 9.59 Å². The second-order valence-electron chi connectivity index (χ2n) is 7.48. The Labute approximate surface area is 190 Å². The average molecular weight is 452 g/mol. The van der Waals surface area contributed by atoms with Crippen molar-refractivity contribution in [2.75, 3.05) is 17.6 Å². The number of carbonyl (C=O) groups is 2. The number of fused-ring (bicyclic) bond motifs is 1. The van der Waals surface area contributed by atoms with E-state index < -0.39 is 5.91 Å². The summed E-state index contributed by atoms with van der Waals surface area (Å²) in [6.45, 7) is 2.48. The van der Waals surface area contributed by atoms with Gasteiger partial charge in [-0.3, -0.25) is 14.5 Å². The van der Waals surface area contributed by atoms with E-state index in [4.69, 9.17) is 5.73 Å². The number of primary amides is 1. The highest BCUT2D eigenvalue weighted by atomic mass is 32.2. The molecule has 0 saturated heterocycles. The first-order chi connectivity index (χ1) is 15.1. The van der Waals surface area contributed by atoms with Crippen molar-refractivity contribution >= 4 is 39.9 Å². The summed E-state index contributed by atoms with van der Waals surface area (Å²) < 4.78 is 0. The summed E-state index contributed by atoms with van der Waals surface area (Å²) in [7, 11) is 0. The van der Waals surface area contributed by atoms with Crippen LogP contribution >= 0.6 is 23.1 Å². The van der Waals surface area contributed by atoms with E-state index in [2.05, 4.69) is 22.3 Å². The number of thiophene rings is 1. The Bertz CT molecular complexity index is 1050. The number of benzene rings is 2. The molecule has 5 nitrogen and oxygen atoms in total. The topological polar surface area (TPSA) is 75.4 Å². The molecule has 31 heavy (non-hydrogen) atoms. The Morgan fingerprint density at radius 1 is 1.06 bits per heavy atom. The monoisotopic (exact) mass is 451 g/mol. The standard InChI is InChI=1S/C24H25N3O2S2/c25-23(29)22-19-11-13-27(15-17-7-3-1-4-8-17)16-20(19)31-24(22)26-21(28)12-14-30-18-9-5-2-6-10-18/h1-10H,11-16H2,(H2,25,29)(H,26,28). The van der Waals surface area contributed by atoms with Gasteiger partial charge in [0.15, 0.2) is 0 Å². The molecule has 4 rings (SSSR count). The van der Waals surface area contributed by atoms with E-state index in [0.29, 0.717) is 22.7 Å². The third-order valence-electron chi connectivity index (χ3n) is 5.23. The van der Waals surface area contributed by atoms with Gasteiger partial charge in [0.2, 0.25) is 5.91 Å². The van der Waals surface area contributed by atoms with Gasteiger partial charge in [-0.2, -0.15) is 0 Å². The molecule has 0 spiro atoms. The summed E-state index contributed by atoms with van der Waals surface area (Å²) in [6, 6.07) is 20.4. The van der Waals surface area contributed by atoms with Crippen molar-refractivity contribution in [1.82, 2.24) is 4.90 Å². The molecule has 2 amide bonds. The van der Waals surface area contributed by atoms with Crippen LogP contribution in [0.4, 0.5) is 5.00 Å². The summed E-state index contributed by atoms with van der Waals surface area (Å²) in [5, 5.41) is 3.54. The average Bonchev–Trinajstić information content (AvgIpc) is 3.12. The van der Waals surface area contributed by atoms with Crippen LogP contribution in [-0.2, 0) is 24.3 Å². The molecule has 2 heterocycles. The second-order valence-corrected chi connectivity index (χ2v) is 9.75. The molecule has 1 aromatic heterocycles. The molecule has 0 radical (unpaired) electrons. The lowest BCUT2D eigenvalue weighted by Crippen LogP contribution is -2.30. The Kier molecular flexibility index (Phi) is 7.06. The Balaban J connectivity index is 1.40. The molecular weight excluding hydrogens is 426 g/mol. The predicted octanol–water partition coefficient (Wildman–Crippen LogP) is 4.53. The van der Waals surface area contributed by atoms with Gasteiger partial charge >= 0.3 is 0 Å². The largest absolute Gasteiger partial charge is 0.365 e. The molecule has 1 aliphatic rings. The maximum Gasteiger partial charge on any atom is 0.251 e. The van der Waals surface area contributed by atoms with Crippen LogP contribution in [0.3, 0.4) is 0 Å². The number of nitrogens with two attached hydrogens (primary N) is 1. The van der Waals surface area contributed by atoms with Crippen molar-refractivity contribution < 1.29 is 9.59 Å². The number of nitrogens with one attached hydrogen (secondary N) is 1. The van der Waals surface area contributed by atoms with Gasteiger partial charge in [0.1, 0.15) is 5.00 Å². The highest BCUT2D eigenvalue weighted by molar-refractivity contribution is 7.99. The third-order valence-corrected chi connectivity index (χ3v) is 7.37. The molecule has 3 aromatic rings. The second kappa shape index (κ2) is 10.1. The SMILES string of the molecule is NC(=O)c1c(NC(=O)CCSc2ccccc2)sc2c1CCN(Cc1ccccc1)C2. The molecule has 3 N–H and O–H groups in total. The van der Waals surface area contributed by atoms with Gasteiger partial charge in [0.25, 0.3) is 5.91 Å². The number of hydrogen-bond acceptors (Lipinski definition) is 5. The number of nitrogens with zero attached hydrogens (tertiary/aromatic N) is 1. The number of amides is 2. The molecule has 0 saturated carbocycles. The van der Waals surface area contributed by atoms with Crippen LogP contribution in [0.2, 0.25) is 0 Å². The molecular formula is C24H25N3O2S2. The minimum absolute atomic E-state index is 0.0920. The van der Waals surface area contributed by atoms with Crippen LogP contribution in [-0.4, -0.2) is 29.0 Å². The third kappa shape index (κ3) is 5.55. The van der Waals surface area contributed by atoms with Crippen molar-refractivity contribution in [3.8, 4) is 0 Å². The summed E-state index contributed by atoms with van der Waals surface area (Å²) >= 11 is 3.12. The predicted molar refractivity (Wildman–Crippen MR) is 128 cm³/mol. The van der Waals surface area contributed by atoms with Crippen molar-refractivity contribution in [1.29, 1.82) is 0 Å². The van der Waals surface area contributed by atoms with Crippen LogP contribution in [0.1, 0.15) is 32.8 Å². The molecule has 0 aliphatic carbocycles. The normalized spacial score (nSPS) is 13.5. The number of carbonyl (C=O) groups excluding carboxylic acids is 2. The summed E-state index contributed by atoms with van der Waals surface area (Å²) in [5.74, 6) is 0.117. The van der Waals surface area contributed by atoms with Crippen molar-refractivity contribution in [2.24, 2.45) is 5.73 Å². The fraction of sp³-hybridized carbons (Fsp3) is 0.250. The van der Waals surface area contributed by atoms with E-state index in [1.807, 2.05) is 48.5 Å². The van der Waals surface area contributed by atoms with Gasteiger partial charge in [-0.05, 0) is 29.7 Å². The first kappa shape index (κ1) is 21.6. The quantitative estimate of drug-likeness (QED) is 0.494. The van der Waals surface area contributed by atoms with Gasteiger partial charge in [-0.25, -0.2) is 0 Å². The summed E-state index contributed by atoms with van der Waals surface area (Å²) in [4.78, 5) is 29.3. The van der Waals surface area contributed by atoms with Crippen LogP contribution in [0.15, 0.2) is 65.6 Å². The van der Waals surface area contributed by atoms with Gasteiger partial charge in [0, 0.05) is 41.6 Å². The first-order valence-corrected chi connectivity index (χ1v) is 12.1. The fourth-order valence-electron chi connectivity index (χ4n) is 3.75. The van der Waals surface area contributed by atoms with Gasteiger partial charge < -0.3 is 11.1 Å². The van der Waals surface area contributed by atoms with E-state index in [1.165, 1.54) is 16.9 Å². The van der Waals surface area contributed by atoms with E-state index in [-0.39, 0.29) is 5.91 Å². The van der Waals surface area contributed by atoms with Crippen LogP contribution in [0, 0.1) is 0 Å². The molecule has 160 valence electrons. The summed E-state index contributed by atoms with van der Waals surface area (Å²) in [5.41, 5.74) is 8.44. The number of rotatable bonds is 8. The lowest BCUT2D eigenvalue weighted by Gasteiger charge is -2.27. The molecule has 0 unspecified atom stereocenters. The van der Waals surface area contributed by atoms with Gasteiger partial charge in [-0.15, -0.1) is 23.1 Å². The number of anilines is 1. The minimum Gasteiger partial charge on any atom is -0.365 e. The maximum absolute atomic E-state index is 12.5. The smallest absolute Gasteiger partial charge is 0.251 e. The lowest BCUT2D eigenvalue weighted by molar-refractivity contribution is -0.115. The van der Waals surface area contributed by atoms with Crippen LogP contribution in [0.25, 0.3) is 0 Å². The van der Waals surface area contributed by atoms with Crippen LogP contribution < -0.4 is 11.1 Å². The number of hydrogen-bond donors (Lipinski definition) is 2. The Hall–Kier alpha value is -2.61. The summed E-state index contributed by atoms with van der Waals surface area (Å²) in [6.07, 6.45) is 1.14. The van der Waals surface area contributed by atoms with E-state index in [1.54, 1.807) is 11.8 Å². The van der Waals surface area contributed by atoms with E-state index >= 15 is 0 Å². The highest BCUT2D eigenvalue weighted by Crippen LogP contribution is 2.37. The zero-order valence-electron chi connectivity index (χ0n) is 17.2. The molecule has 0 atom stereocenters. The van der Waals surface area contributed by atoms with Crippen LogP contribution in [0.5, 0.6) is 0 Å². The van der Waals surface area contributed by atoms with Crippen molar-refractivity contribution in [2.45, 2.75) is 30.8 Å². The molecule has 2 aromatic carbocycles. The molecule has 1 aliphatic heterocycles. The lowest BCUT2D eigenvalue weighted by atomic mass is 10.0. The Morgan fingerprint density at radius 3 is 2.48 bits per heavy atom. The van der Waals surface area contributed by atoms with Crippen molar-refractivity contribution in [3.63, 3.8) is 0 Å². The molecule has 7 heteroatoms. The number of thioether (sulfide) groups is 1. The molecule has 0 bridgehead atoms. The van der Waals surface area contributed by atoms with Gasteiger partial charge in [0.05, 0.1) is 5.56 Å². The molecule has 0 fully saturated rings. The minimum atomic E-state index is -0.469. The zero-order chi connectivity index (χ0) is 21.6. The fourth-order valence-corrected chi connectivity index (χ4v) is 5.93. The van der Waals surface area contributed by atoms with Gasteiger partial charge in [-0.1, -0.05) is 48.5 Å². The van der Waals surface area contributed by atoms with Crippen molar-refractivity contribution in [3.05, 3.63) is 82.2 Å². The first-order valence-electron chi connectivity index (χ1n) is 10.3.